The summed E-state index contributed by atoms with van der Waals surface area (Å²) in [7, 11) is 0. The fourth-order valence-corrected chi connectivity index (χ4v) is 9.80. The van der Waals surface area contributed by atoms with Gasteiger partial charge in [0.2, 0.25) is 11.8 Å². The molecule has 0 bridgehead atoms. The number of nitrogens with one attached hydrogen (secondary N) is 3. The van der Waals surface area contributed by atoms with Crippen molar-refractivity contribution in [2.45, 2.75) is 78.0 Å². The maximum absolute atomic E-state index is 14.8. The van der Waals surface area contributed by atoms with Crippen LogP contribution in [-0.2, 0) is 16.0 Å². The molecule has 13 nitrogen and oxygen atoms in total. The molecule has 7 rings (SSSR count). The summed E-state index contributed by atoms with van der Waals surface area (Å²) in [5, 5.41) is 18.2. The van der Waals surface area contributed by atoms with E-state index in [0.717, 1.165) is 63.0 Å². The van der Waals surface area contributed by atoms with Crippen molar-refractivity contribution in [1.82, 2.24) is 25.3 Å². The second kappa shape index (κ2) is 17.3. The number of aryl methyl sites for hydroxylation is 1. The first kappa shape index (κ1) is 42.8. The van der Waals surface area contributed by atoms with Crippen LogP contribution in [0.1, 0.15) is 95.6 Å². The van der Waals surface area contributed by atoms with E-state index in [2.05, 4.69) is 59.5 Å². The zero-order valence-electron chi connectivity index (χ0n) is 34.4. The van der Waals surface area contributed by atoms with Crippen LogP contribution in [0.2, 0.25) is 5.02 Å². The minimum atomic E-state index is -1.16. The molecule has 3 aliphatic heterocycles. The number of benzene rings is 3. The summed E-state index contributed by atoms with van der Waals surface area (Å²) in [5.74, 6) is -3.18. The van der Waals surface area contributed by atoms with Gasteiger partial charge in [0.05, 0.1) is 21.7 Å². The van der Waals surface area contributed by atoms with E-state index in [1.54, 1.807) is 18.2 Å². The molecule has 1 atom stereocenters. The first-order valence-electron chi connectivity index (χ1n) is 20.6. The highest BCUT2D eigenvalue weighted by Crippen LogP contribution is 2.55. The van der Waals surface area contributed by atoms with Crippen molar-refractivity contribution in [3.05, 3.63) is 93.3 Å². The summed E-state index contributed by atoms with van der Waals surface area (Å²) in [6.45, 7) is 14.1. The third-order valence-corrected chi connectivity index (χ3v) is 12.9. The lowest BCUT2D eigenvalue weighted by Gasteiger charge is -2.63. The van der Waals surface area contributed by atoms with Crippen LogP contribution < -0.4 is 20.7 Å². The lowest BCUT2D eigenvalue weighted by molar-refractivity contribution is -0.164. The minimum absolute atomic E-state index is 0.000918. The molecule has 3 aromatic rings. The normalized spacial score (nSPS) is 22.4. The van der Waals surface area contributed by atoms with Crippen molar-refractivity contribution in [1.29, 1.82) is 5.26 Å². The number of carbonyl (C=O) groups excluding carboxylic acids is 5. The maximum Gasteiger partial charge on any atom is 0.265 e. The molecule has 15 heteroatoms. The monoisotopic (exact) mass is 839 g/mol. The van der Waals surface area contributed by atoms with Crippen molar-refractivity contribution in [3.63, 3.8) is 0 Å². The predicted molar refractivity (Wildman–Crippen MR) is 223 cm³/mol. The van der Waals surface area contributed by atoms with Crippen LogP contribution in [0.5, 0.6) is 5.75 Å². The lowest BCUT2D eigenvalue weighted by atomic mass is 9.49. The molecule has 316 valence electrons. The number of carbonyl (C=O) groups is 5. The highest BCUT2D eigenvalue weighted by atomic mass is 35.5. The Kier molecular flexibility index (Phi) is 12.3. The molecule has 1 unspecified atom stereocenters. The SMILES string of the molecule is CC1(C)C(NC(=O)c2ccc(CCCCN3CCN(CCNc4ccc(F)c5c4C(=O)N(C4CCC(=O)NC4=O)C5=O)CC3)cc2)C(C)(C)C1Oc1ccc(C#N)c(Cl)c1. The van der Waals surface area contributed by atoms with Crippen LogP contribution in [-0.4, -0.2) is 108 Å². The van der Waals surface area contributed by atoms with Gasteiger partial charge in [-0.3, -0.25) is 39.1 Å². The number of hydrogen-bond acceptors (Lipinski definition) is 10. The van der Waals surface area contributed by atoms with Gasteiger partial charge in [0.25, 0.3) is 17.7 Å². The smallest absolute Gasteiger partial charge is 0.265 e. The van der Waals surface area contributed by atoms with E-state index in [1.165, 1.54) is 11.6 Å². The molecule has 1 aliphatic carbocycles. The van der Waals surface area contributed by atoms with E-state index in [-0.39, 0.29) is 52.9 Å². The standard InChI is InChI=1S/C45H51ClFN7O6/c1-44(2)42(45(3,4)43(44)60-30-13-12-29(26-48)31(46)25-30)51-38(56)28-10-8-27(9-11-28)7-5-6-19-52-21-23-53(24-22-52)20-18-49-33-15-14-32(47)36-37(33)41(59)54(40(36)58)34-16-17-35(55)50-39(34)57/h8-15,25,34,42-43,49H,5-7,16-24H2,1-4H3,(H,51,56)(H,50,55,57). The van der Waals surface area contributed by atoms with Gasteiger partial charge in [-0.25, -0.2) is 4.39 Å². The van der Waals surface area contributed by atoms with E-state index >= 15 is 0 Å². The predicted octanol–water partition coefficient (Wildman–Crippen LogP) is 5.42. The van der Waals surface area contributed by atoms with Crippen LogP contribution >= 0.6 is 11.6 Å². The summed E-state index contributed by atoms with van der Waals surface area (Å²) in [5.41, 5.74) is 1.39. The third-order valence-electron chi connectivity index (χ3n) is 12.6. The Morgan fingerprint density at radius 3 is 2.23 bits per heavy atom. The number of piperazine rings is 1. The molecule has 0 radical (unpaired) electrons. The van der Waals surface area contributed by atoms with Crippen LogP contribution in [0.3, 0.4) is 0 Å². The maximum atomic E-state index is 14.8. The van der Waals surface area contributed by atoms with E-state index in [4.69, 9.17) is 16.3 Å². The fraction of sp³-hybridized carbons (Fsp3) is 0.467. The molecule has 60 heavy (non-hydrogen) atoms. The lowest BCUT2D eigenvalue weighted by Crippen LogP contribution is -2.74. The van der Waals surface area contributed by atoms with E-state index in [1.807, 2.05) is 24.3 Å². The third kappa shape index (κ3) is 8.48. The Bertz CT molecular complexity index is 2220. The molecular formula is C45H51ClFN7O6. The summed E-state index contributed by atoms with van der Waals surface area (Å²) < 4.78 is 21.2. The van der Waals surface area contributed by atoms with E-state index in [9.17, 15) is 33.6 Å². The summed E-state index contributed by atoms with van der Waals surface area (Å²) in [6.07, 6.45) is 2.79. The van der Waals surface area contributed by atoms with Crippen LogP contribution in [0.25, 0.3) is 0 Å². The Hall–Kier alpha value is -5.36. The molecule has 0 aromatic heterocycles. The van der Waals surface area contributed by atoms with Gasteiger partial charge in [-0.1, -0.05) is 51.4 Å². The second-order valence-corrected chi connectivity index (χ2v) is 17.8. The number of fused-ring (bicyclic) bond motifs is 1. The molecule has 3 fully saturated rings. The van der Waals surface area contributed by atoms with Crippen LogP contribution in [0, 0.1) is 28.0 Å². The van der Waals surface area contributed by atoms with Crippen molar-refractivity contribution in [2.75, 3.05) is 51.1 Å². The number of hydrogen-bond donors (Lipinski definition) is 3. The summed E-state index contributed by atoms with van der Waals surface area (Å²) in [4.78, 5) is 69.5. The van der Waals surface area contributed by atoms with Gasteiger partial charge in [0.15, 0.2) is 0 Å². The Morgan fingerprint density at radius 2 is 1.58 bits per heavy atom. The number of anilines is 1. The number of amides is 5. The highest BCUT2D eigenvalue weighted by Gasteiger charge is 2.64. The number of rotatable bonds is 14. The van der Waals surface area contributed by atoms with Crippen LogP contribution in [0.15, 0.2) is 54.6 Å². The van der Waals surface area contributed by atoms with E-state index in [0.29, 0.717) is 40.7 Å². The molecule has 4 aliphatic rings. The van der Waals surface area contributed by atoms with Crippen LogP contribution in [0.4, 0.5) is 10.1 Å². The van der Waals surface area contributed by atoms with Gasteiger partial charge in [-0.15, -0.1) is 0 Å². The average molecular weight is 840 g/mol. The van der Waals surface area contributed by atoms with Gasteiger partial charge in [0.1, 0.15) is 29.8 Å². The van der Waals surface area contributed by atoms with Crippen molar-refractivity contribution < 1.29 is 33.1 Å². The molecule has 3 N–H and O–H groups in total. The van der Waals surface area contributed by atoms with Crippen molar-refractivity contribution in [2.24, 2.45) is 10.8 Å². The summed E-state index contributed by atoms with van der Waals surface area (Å²) >= 11 is 6.24. The quantitative estimate of drug-likeness (QED) is 0.141. The fourth-order valence-electron chi connectivity index (χ4n) is 9.58. The van der Waals surface area contributed by atoms with Crippen molar-refractivity contribution in [3.8, 4) is 11.8 Å². The molecule has 3 heterocycles. The number of piperidine rings is 1. The molecular weight excluding hydrogens is 789 g/mol. The average Bonchev–Trinajstić information content (AvgIpc) is 3.48. The molecule has 1 saturated carbocycles. The number of halogens is 2. The highest BCUT2D eigenvalue weighted by molar-refractivity contribution is 6.31. The molecule has 3 aromatic carbocycles. The molecule has 0 spiro atoms. The van der Waals surface area contributed by atoms with E-state index < -0.39 is 35.5 Å². The first-order valence-corrected chi connectivity index (χ1v) is 21.0. The number of nitrogens with zero attached hydrogens (tertiary/aromatic N) is 4. The second-order valence-electron chi connectivity index (χ2n) is 17.4. The molecule has 5 amide bonds. The number of imide groups is 2. The van der Waals surface area contributed by atoms with Gasteiger partial charge in [0, 0.05) is 79.9 Å². The van der Waals surface area contributed by atoms with Gasteiger partial charge < -0.3 is 20.3 Å². The van der Waals surface area contributed by atoms with Gasteiger partial charge in [-0.2, -0.15) is 5.26 Å². The number of nitriles is 1. The minimum Gasteiger partial charge on any atom is -0.489 e. The van der Waals surface area contributed by atoms with Crippen molar-refractivity contribution >= 4 is 46.8 Å². The zero-order chi connectivity index (χ0) is 42.9. The van der Waals surface area contributed by atoms with Gasteiger partial charge in [-0.05, 0) is 74.2 Å². The molecule has 2 saturated heterocycles. The Labute approximate surface area is 354 Å². The summed E-state index contributed by atoms with van der Waals surface area (Å²) in [6, 6.07) is 16.3. The first-order chi connectivity index (χ1) is 28.6. The largest absolute Gasteiger partial charge is 0.489 e. The number of ether oxygens (including phenoxy) is 1. The number of unbranched alkanes of at least 4 members (excludes halogenated alkanes) is 1. The van der Waals surface area contributed by atoms with Gasteiger partial charge >= 0.3 is 0 Å². The zero-order valence-corrected chi connectivity index (χ0v) is 35.2. The Morgan fingerprint density at radius 1 is 0.917 bits per heavy atom. The topological polar surface area (TPSA) is 164 Å². The Balaban J connectivity index is 0.808.